The third-order valence-electron chi connectivity index (χ3n) is 1.95. The minimum atomic E-state index is -2.95. The smallest absolute Gasteiger partial charge is 0.148 e. The summed E-state index contributed by atoms with van der Waals surface area (Å²) in [5, 5.41) is 7.44. The maximum Gasteiger partial charge on any atom is 0.148 e. The highest BCUT2D eigenvalue weighted by molar-refractivity contribution is 9.10. The number of benzene rings is 1. The SMILES string of the molecule is CS(=O)(=O)CCSc1cc(Br)ccc1C(=N)N. The lowest BCUT2D eigenvalue weighted by Crippen LogP contribution is -2.12. The molecule has 0 aromatic heterocycles. The van der Waals surface area contributed by atoms with Crippen LogP contribution in [0, 0.1) is 5.41 Å². The Morgan fingerprint density at radius 1 is 1.53 bits per heavy atom. The van der Waals surface area contributed by atoms with E-state index in [-0.39, 0.29) is 11.6 Å². The van der Waals surface area contributed by atoms with E-state index in [1.807, 2.05) is 6.07 Å². The molecule has 0 aliphatic rings. The topological polar surface area (TPSA) is 84.0 Å². The molecule has 94 valence electrons. The van der Waals surface area contributed by atoms with Crippen molar-refractivity contribution in [1.29, 1.82) is 5.41 Å². The lowest BCUT2D eigenvalue weighted by Gasteiger charge is -2.08. The van der Waals surface area contributed by atoms with Gasteiger partial charge in [-0.3, -0.25) is 5.41 Å². The van der Waals surface area contributed by atoms with E-state index in [1.165, 1.54) is 18.0 Å². The predicted octanol–water partition coefficient (Wildman–Crippen LogP) is 1.87. The quantitative estimate of drug-likeness (QED) is 0.488. The van der Waals surface area contributed by atoms with E-state index in [0.29, 0.717) is 11.3 Å². The minimum Gasteiger partial charge on any atom is -0.384 e. The van der Waals surface area contributed by atoms with E-state index < -0.39 is 9.84 Å². The first-order valence-electron chi connectivity index (χ1n) is 4.74. The Labute approximate surface area is 114 Å². The number of hydrogen-bond acceptors (Lipinski definition) is 4. The van der Waals surface area contributed by atoms with Crippen LogP contribution in [0.3, 0.4) is 0 Å². The van der Waals surface area contributed by atoms with Crippen molar-refractivity contribution in [2.24, 2.45) is 5.73 Å². The van der Waals surface area contributed by atoms with Gasteiger partial charge in [0.2, 0.25) is 0 Å². The van der Waals surface area contributed by atoms with Crippen molar-refractivity contribution in [3.05, 3.63) is 28.2 Å². The zero-order valence-electron chi connectivity index (χ0n) is 9.23. The molecule has 1 aromatic rings. The summed E-state index contributed by atoms with van der Waals surface area (Å²) >= 11 is 4.72. The van der Waals surface area contributed by atoms with Gasteiger partial charge in [0.15, 0.2) is 0 Å². The van der Waals surface area contributed by atoms with Gasteiger partial charge in [0.25, 0.3) is 0 Å². The predicted molar refractivity (Wildman–Crippen MR) is 75.6 cm³/mol. The minimum absolute atomic E-state index is 0.0145. The average molecular weight is 337 g/mol. The summed E-state index contributed by atoms with van der Waals surface area (Å²) in [6, 6.07) is 5.39. The number of thioether (sulfide) groups is 1. The summed E-state index contributed by atoms with van der Waals surface area (Å²) in [5.74, 6) is 0.552. The van der Waals surface area contributed by atoms with Gasteiger partial charge in [-0.2, -0.15) is 0 Å². The highest BCUT2D eigenvalue weighted by atomic mass is 79.9. The molecular weight excluding hydrogens is 324 g/mol. The molecule has 0 saturated carbocycles. The number of sulfone groups is 1. The highest BCUT2D eigenvalue weighted by Crippen LogP contribution is 2.26. The van der Waals surface area contributed by atoms with E-state index in [1.54, 1.807) is 12.1 Å². The van der Waals surface area contributed by atoms with E-state index >= 15 is 0 Å². The summed E-state index contributed by atoms with van der Waals surface area (Å²) in [4.78, 5) is 0.815. The maximum atomic E-state index is 11.0. The van der Waals surface area contributed by atoms with Crippen molar-refractivity contribution in [1.82, 2.24) is 0 Å². The number of amidine groups is 1. The fraction of sp³-hybridized carbons (Fsp3) is 0.300. The summed E-state index contributed by atoms with van der Waals surface area (Å²) in [6.07, 6.45) is 1.21. The summed E-state index contributed by atoms with van der Waals surface area (Å²) in [6.45, 7) is 0. The number of nitrogens with two attached hydrogens (primary N) is 1. The van der Waals surface area contributed by atoms with Gasteiger partial charge in [0, 0.05) is 26.9 Å². The molecule has 0 amide bonds. The third-order valence-corrected chi connectivity index (χ3v) is 4.70. The van der Waals surface area contributed by atoms with Crippen molar-refractivity contribution >= 4 is 43.4 Å². The Balaban J connectivity index is 2.82. The van der Waals surface area contributed by atoms with Crippen LogP contribution in [0.4, 0.5) is 0 Å². The average Bonchev–Trinajstić information content (AvgIpc) is 2.15. The van der Waals surface area contributed by atoms with Crippen LogP contribution in [0.25, 0.3) is 0 Å². The largest absolute Gasteiger partial charge is 0.384 e. The summed E-state index contributed by atoms with van der Waals surface area (Å²) in [7, 11) is -2.95. The van der Waals surface area contributed by atoms with Crippen LogP contribution in [0.5, 0.6) is 0 Å². The zero-order chi connectivity index (χ0) is 13.1. The Morgan fingerprint density at radius 2 is 2.18 bits per heavy atom. The van der Waals surface area contributed by atoms with Gasteiger partial charge in [0.05, 0.1) is 5.75 Å². The molecular formula is C10H13BrN2O2S2. The standard InChI is InChI=1S/C10H13BrN2O2S2/c1-17(14,15)5-4-16-9-6-7(11)2-3-8(9)10(12)13/h2-3,6H,4-5H2,1H3,(H3,12,13). The van der Waals surface area contributed by atoms with Crippen molar-refractivity contribution in [3.8, 4) is 0 Å². The third kappa shape index (κ3) is 5.10. The lowest BCUT2D eigenvalue weighted by atomic mass is 10.2. The fourth-order valence-electron chi connectivity index (χ4n) is 1.14. The Hall–Kier alpha value is -0.530. The Morgan fingerprint density at radius 3 is 2.71 bits per heavy atom. The molecule has 1 rings (SSSR count). The number of rotatable bonds is 5. The highest BCUT2D eigenvalue weighted by Gasteiger charge is 2.08. The van der Waals surface area contributed by atoms with Crippen molar-refractivity contribution in [3.63, 3.8) is 0 Å². The number of hydrogen-bond donors (Lipinski definition) is 2. The molecule has 0 fully saturated rings. The molecule has 0 aliphatic carbocycles. The first kappa shape index (κ1) is 14.5. The van der Waals surface area contributed by atoms with Gasteiger partial charge in [-0.15, -0.1) is 11.8 Å². The molecule has 0 spiro atoms. The Kier molecular flexibility index (Phi) is 5.03. The first-order valence-corrected chi connectivity index (χ1v) is 8.58. The second kappa shape index (κ2) is 5.88. The van der Waals surface area contributed by atoms with Crippen LogP contribution in [-0.4, -0.2) is 32.0 Å². The van der Waals surface area contributed by atoms with E-state index in [9.17, 15) is 8.42 Å². The van der Waals surface area contributed by atoms with Crippen molar-refractivity contribution < 1.29 is 8.42 Å². The molecule has 7 heteroatoms. The number of halogens is 1. The van der Waals surface area contributed by atoms with Crippen LogP contribution in [0.15, 0.2) is 27.6 Å². The second-order valence-corrected chi connectivity index (χ2v) is 7.84. The van der Waals surface area contributed by atoms with Crippen molar-refractivity contribution in [2.75, 3.05) is 17.8 Å². The summed E-state index contributed by atoms with van der Waals surface area (Å²) < 4.78 is 22.9. The number of nitrogen functional groups attached to an aromatic ring is 1. The molecule has 0 saturated heterocycles. The normalized spacial score (nSPS) is 11.4. The van der Waals surface area contributed by atoms with E-state index in [2.05, 4.69) is 15.9 Å². The van der Waals surface area contributed by atoms with Crippen LogP contribution in [0.1, 0.15) is 5.56 Å². The molecule has 4 nitrogen and oxygen atoms in total. The maximum absolute atomic E-state index is 11.0. The van der Waals surface area contributed by atoms with E-state index in [4.69, 9.17) is 11.1 Å². The molecule has 3 N–H and O–H groups in total. The van der Waals surface area contributed by atoms with E-state index in [0.717, 1.165) is 9.37 Å². The number of nitrogens with one attached hydrogen (secondary N) is 1. The molecule has 0 atom stereocenters. The van der Waals surface area contributed by atoms with Gasteiger partial charge in [0.1, 0.15) is 15.7 Å². The molecule has 17 heavy (non-hydrogen) atoms. The fourth-order valence-corrected chi connectivity index (χ4v) is 3.96. The Bertz CT molecular complexity index is 529. The van der Waals surface area contributed by atoms with Crippen LogP contribution < -0.4 is 5.73 Å². The first-order chi connectivity index (χ1) is 7.79. The second-order valence-electron chi connectivity index (χ2n) is 3.53. The van der Waals surface area contributed by atoms with Crippen LogP contribution >= 0.6 is 27.7 Å². The lowest BCUT2D eigenvalue weighted by molar-refractivity contribution is 0.603. The van der Waals surface area contributed by atoms with Gasteiger partial charge in [-0.1, -0.05) is 15.9 Å². The van der Waals surface area contributed by atoms with Gasteiger partial charge >= 0.3 is 0 Å². The van der Waals surface area contributed by atoms with Gasteiger partial charge in [-0.25, -0.2) is 8.42 Å². The summed E-state index contributed by atoms with van der Waals surface area (Å²) in [5.41, 5.74) is 6.09. The van der Waals surface area contributed by atoms with Gasteiger partial charge < -0.3 is 5.73 Å². The van der Waals surface area contributed by atoms with Gasteiger partial charge in [-0.05, 0) is 18.2 Å². The zero-order valence-corrected chi connectivity index (χ0v) is 12.5. The molecule has 0 unspecified atom stereocenters. The molecule has 0 bridgehead atoms. The molecule has 0 heterocycles. The molecule has 0 radical (unpaired) electrons. The molecule has 0 aliphatic heterocycles. The molecule has 1 aromatic carbocycles. The van der Waals surface area contributed by atoms with Crippen LogP contribution in [0.2, 0.25) is 0 Å². The van der Waals surface area contributed by atoms with Crippen molar-refractivity contribution in [2.45, 2.75) is 4.90 Å². The van der Waals surface area contributed by atoms with Crippen LogP contribution in [-0.2, 0) is 9.84 Å². The monoisotopic (exact) mass is 336 g/mol.